The summed E-state index contributed by atoms with van der Waals surface area (Å²) in [6.07, 6.45) is 0. The van der Waals surface area contributed by atoms with Gasteiger partial charge in [0, 0.05) is 22.5 Å². The molecule has 50 heavy (non-hydrogen) atoms. The number of anilines is 3. The molecule has 0 aromatic heterocycles. The standard InChI is InChI=1S/C49H37N/c1-49(2)47-21-9-8-19-45(47)46-31-30-42(33-48(46)49)50(40-26-22-35(23-27-40)34-12-4-3-5-13-34)41-28-24-36(25-29-41)38-16-10-17-39(32-38)44-20-11-15-37-14-6-7-18-43(37)44/h3-33H,1-2H3. The van der Waals surface area contributed by atoms with Crippen LogP contribution in [0.2, 0.25) is 0 Å². The van der Waals surface area contributed by atoms with Gasteiger partial charge in [0.05, 0.1) is 0 Å². The van der Waals surface area contributed by atoms with Crippen LogP contribution in [0.4, 0.5) is 17.1 Å². The van der Waals surface area contributed by atoms with Crippen molar-refractivity contribution >= 4 is 27.8 Å². The molecule has 9 rings (SSSR count). The Hall–Kier alpha value is -6.18. The van der Waals surface area contributed by atoms with Crippen LogP contribution >= 0.6 is 0 Å². The smallest absolute Gasteiger partial charge is 0.0465 e. The van der Waals surface area contributed by atoms with Crippen LogP contribution in [-0.4, -0.2) is 0 Å². The SMILES string of the molecule is CC1(C)c2ccccc2-c2ccc(N(c3ccc(-c4ccccc4)cc3)c3ccc(-c4cccc(-c5cccc6ccccc56)c4)cc3)cc21. The van der Waals surface area contributed by atoms with Crippen molar-refractivity contribution in [2.75, 3.05) is 4.90 Å². The number of benzene rings is 8. The van der Waals surface area contributed by atoms with E-state index in [1.807, 2.05) is 0 Å². The topological polar surface area (TPSA) is 3.24 Å². The van der Waals surface area contributed by atoms with E-state index in [9.17, 15) is 0 Å². The average molecular weight is 640 g/mol. The second kappa shape index (κ2) is 12.1. The van der Waals surface area contributed by atoms with Crippen molar-refractivity contribution in [2.45, 2.75) is 19.3 Å². The summed E-state index contributed by atoms with van der Waals surface area (Å²) in [7, 11) is 0. The Balaban J connectivity index is 1.12. The summed E-state index contributed by atoms with van der Waals surface area (Å²) in [5.41, 5.74) is 16.1. The quantitative estimate of drug-likeness (QED) is 0.175. The molecule has 1 aliphatic carbocycles. The summed E-state index contributed by atoms with van der Waals surface area (Å²) in [5, 5.41) is 2.53. The molecule has 0 radical (unpaired) electrons. The Kier molecular flexibility index (Phi) is 7.21. The van der Waals surface area contributed by atoms with Gasteiger partial charge in [0.2, 0.25) is 0 Å². The van der Waals surface area contributed by atoms with Crippen LogP contribution in [0.1, 0.15) is 25.0 Å². The van der Waals surface area contributed by atoms with Gasteiger partial charge in [0.15, 0.2) is 0 Å². The predicted octanol–water partition coefficient (Wildman–Crippen LogP) is 13.6. The van der Waals surface area contributed by atoms with E-state index in [2.05, 4.69) is 207 Å². The fraction of sp³-hybridized carbons (Fsp3) is 0.0612. The molecule has 238 valence electrons. The maximum atomic E-state index is 2.40. The zero-order valence-corrected chi connectivity index (χ0v) is 28.3. The van der Waals surface area contributed by atoms with Crippen molar-refractivity contribution in [2.24, 2.45) is 0 Å². The van der Waals surface area contributed by atoms with E-state index < -0.39 is 0 Å². The van der Waals surface area contributed by atoms with Crippen molar-refractivity contribution in [3.63, 3.8) is 0 Å². The lowest BCUT2D eigenvalue weighted by Gasteiger charge is -2.28. The van der Waals surface area contributed by atoms with Crippen molar-refractivity contribution < 1.29 is 0 Å². The molecule has 0 fully saturated rings. The molecule has 0 spiro atoms. The summed E-state index contributed by atoms with van der Waals surface area (Å²) < 4.78 is 0. The monoisotopic (exact) mass is 639 g/mol. The molecule has 1 nitrogen and oxygen atoms in total. The minimum Gasteiger partial charge on any atom is -0.310 e. The summed E-state index contributed by atoms with van der Waals surface area (Å²) in [6.45, 7) is 4.70. The van der Waals surface area contributed by atoms with E-state index in [-0.39, 0.29) is 5.41 Å². The lowest BCUT2D eigenvalue weighted by atomic mass is 9.82. The molecule has 0 bridgehead atoms. The third-order valence-electron chi connectivity index (χ3n) is 10.5. The molecule has 0 unspecified atom stereocenters. The van der Waals surface area contributed by atoms with Gasteiger partial charge in [-0.1, -0.05) is 159 Å². The maximum Gasteiger partial charge on any atom is 0.0465 e. The highest BCUT2D eigenvalue weighted by molar-refractivity contribution is 5.97. The van der Waals surface area contributed by atoms with Gasteiger partial charge in [-0.3, -0.25) is 0 Å². The van der Waals surface area contributed by atoms with Crippen LogP contribution < -0.4 is 4.90 Å². The minimum atomic E-state index is -0.0796. The van der Waals surface area contributed by atoms with Crippen LogP contribution in [0.25, 0.3) is 55.3 Å². The Bertz CT molecular complexity index is 2480. The molecular weight excluding hydrogens is 603 g/mol. The second-order valence-corrected chi connectivity index (χ2v) is 13.8. The molecule has 0 amide bonds. The normalized spacial score (nSPS) is 12.8. The third kappa shape index (κ3) is 5.11. The summed E-state index contributed by atoms with van der Waals surface area (Å²) in [4.78, 5) is 2.39. The number of fused-ring (bicyclic) bond motifs is 4. The van der Waals surface area contributed by atoms with E-state index in [0.29, 0.717) is 0 Å². The summed E-state index contributed by atoms with van der Waals surface area (Å²) in [6, 6.07) is 68.6. The molecule has 8 aromatic carbocycles. The van der Waals surface area contributed by atoms with Gasteiger partial charge in [-0.15, -0.1) is 0 Å². The van der Waals surface area contributed by atoms with Crippen LogP contribution in [0.15, 0.2) is 188 Å². The molecule has 0 N–H and O–H groups in total. The Morgan fingerprint density at radius 1 is 0.340 bits per heavy atom. The van der Waals surface area contributed by atoms with Crippen LogP contribution in [0.5, 0.6) is 0 Å². The number of hydrogen-bond donors (Lipinski definition) is 0. The van der Waals surface area contributed by atoms with Gasteiger partial charge in [-0.05, 0) is 109 Å². The molecule has 0 saturated heterocycles. The van der Waals surface area contributed by atoms with Gasteiger partial charge in [-0.25, -0.2) is 0 Å². The van der Waals surface area contributed by atoms with E-state index in [1.54, 1.807) is 0 Å². The van der Waals surface area contributed by atoms with Crippen molar-refractivity contribution in [3.8, 4) is 44.5 Å². The fourth-order valence-electron chi connectivity index (χ4n) is 7.86. The predicted molar refractivity (Wildman–Crippen MR) is 213 cm³/mol. The Morgan fingerprint density at radius 3 is 1.64 bits per heavy atom. The van der Waals surface area contributed by atoms with Gasteiger partial charge >= 0.3 is 0 Å². The van der Waals surface area contributed by atoms with E-state index in [4.69, 9.17) is 0 Å². The first kappa shape index (κ1) is 29.9. The van der Waals surface area contributed by atoms with Crippen LogP contribution in [0, 0.1) is 0 Å². The first-order valence-corrected chi connectivity index (χ1v) is 17.4. The average Bonchev–Trinajstić information content (AvgIpc) is 3.41. The van der Waals surface area contributed by atoms with Gasteiger partial charge in [0.25, 0.3) is 0 Å². The molecule has 0 atom stereocenters. The Morgan fingerprint density at radius 2 is 0.860 bits per heavy atom. The fourth-order valence-corrected chi connectivity index (χ4v) is 7.86. The van der Waals surface area contributed by atoms with Crippen molar-refractivity contribution in [3.05, 3.63) is 199 Å². The summed E-state index contributed by atoms with van der Waals surface area (Å²) >= 11 is 0. The molecule has 0 heterocycles. The van der Waals surface area contributed by atoms with Gasteiger partial charge < -0.3 is 4.90 Å². The maximum absolute atomic E-state index is 2.40. The second-order valence-electron chi connectivity index (χ2n) is 13.8. The van der Waals surface area contributed by atoms with Crippen LogP contribution in [0.3, 0.4) is 0 Å². The largest absolute Gasteiger partial charge is 0.310 e. The Labute approximate surface area is 294 Å². The molecule has 8 aromatic rings. The van der Waals surface area contributed by atoms with E-state index in [0.717, 1.165) is 17.1 Å². The third-order valence-corrected chi connectivity index (χ3v) is 10.5. The highest BCUT2D eigenvalue weighted by atomic mass is 15.1. The lowest BCUT2D eigenvalue weighted by molar-refractivity contribution is 0.660. The first-order chi connectivity index (χ1) is 24.5. The van der Waals surface area contributed by atoms with E-state index in [1.165, 1.54) is 66.4 Å². The lowest BCUT2D eigenvalue weighted by Crippen LogP contribution is -2.16. The van der Waals surface area contributed by atoms with Crippen molar-refractivity contribution in [1.29, 1.82) is 0 Å². The molecule has 0 saturated carbocycles. The molecule has 0 aliphatic heterocycles. The number of nitrogens with zero attached hydrogens (tertiary/aromatic N) is 1. The first-order valence-electron chi connectivity index (χ1n) is 17.4. The highest BCUT2D eigenvalue weighted by Crippen LogP contribution is 2.50. The number of rotatable bonds is 6. The van der Waals surface area contributed by atoms with E-state index >= 15 is 0 Å². The van der Waals surface area contributed by atoms with Gasteiger partial charge in [-0.2, -0.15) is 0 Å². The zero-order valence-electron chi connectivity index (χ0n) is 28.3. The van der Waals surface area contributed by atoms with Crippen LogP contribution in [-0.2, 0) is 5.41 Å². The molecule has 1 aliphatic rings. The summed E-state index contributed by atoms with van der Waals surface area (Å²) in [5.74, 6) is 0. The molecule has 1 heteroatoms. The minimum absolute atomic E-state index is 0.0796. The highest BCUT2D eigenvalue weighted by Gasteiger charge is 2.35. The number of hydrogen-bond acceptors (Lipinski definition) is 1. The van der Waals surface area contributed by atoms with Gasteiger partial charge in [0.1, 0.15) is 0 Å². The molecular formula is C49H37N. The van der Waals surface area contributed by atoms with Crippen molar-refractivity contribution in [1.82, 2.24) is 0 Å². The zero-order chi connectivity index (χ0) is 33.7.